The lowest BCUT2D eigenvalue weighted by Crippen LogP contribution is -2.38. The number of aromatic nitrogens is 2. The molecule has 0 saturated heterocycles. The van der Waals surface area contributed by atoms with Crippen LogP contribution in [0.3, 0.4) is 0 Å². The Morgan fingerprint density at radius 2 is 1.64 bits per heavy atom. The molecule has 1 N–H and O–H groups in total. The van der Waals surface area contributed by atoms with Crippen molar-refractivity contribution in [3.05, 3.63) is 101 Å². The Hall–Kier alpha value is -3.71. The van der Waals surface area contributed by atoms with Gasteiger partial charge in [-0.15, -0.1) is 0 Å². The molecule has 0 spiro atoms. The first-order valence-electron chi connectivity index (χ1n) is 10.6. The van der Waals surface area contributed by atoms with Crippen LogP contribution < -0.4 is 5.32 Å². The first-order chi connectivity index (χ1) is 16.0. The third-order valence-corrected chi connectivity index (χ3v) is 5.62. The molecule has 0 saturated carbocycles. The van der Waals surface area contributed by atoms with Crippen LogP contribution in [0.5, 0.6) is 0 Å². The van der Waals surface area contributed by atoms with E-state index in [0.717, 1.165) is 21.4 Å². The van der Waals surface area contributed by atoms with Gasteiger partial charge in [0.2, 0.25) is 5.91 Å². The second kappa shape index (κ2) is 10.3. The largest absolute Gasteiger partial charge is 0.330 e. The smallest absolute Gasteiger partial charge is 0.254 e. The van der Waals surface area contributed by atoms with Crippen molar-refractivity contribution in [2.45, 2.75) is 6.92 Å². The zero-order valence-corrected chi connectivity index (χ0v) is 19.7. The van der Waals surface area contributed by atoms with Crippen LogP contribution in [0.15, 0.2) is 95.5 Å². The average molecular weight is 503 g/mol. The summed E-state index contributed by atoms with van der Waals surface area (Å²) in [7, 11) is 0. The van der Waals surface area contributed by atoms with Crippen LogP contribution in [0.1, 0.15) is 17.3 Å². The van der Waals surface area contributed by atoms with Crippen LogP contribution in [0, 0.1) is 0 Å². The predicted molar refractivity (Wildman–Crippen MR) is 133 cm³/mol. The molecule has 0 unspecified atom stereocenters. The van der Waals surface area contributed by atoms with E-state index in [1.807, 2.05) is 79.7 Å². The fourth-order valence-electron chi connectivity index (χ4n) is 3.47. The van der Waals surface area contributed by atoms with Crippen LogP contribution in [0.4, 0.5) is 5.82 Å². The highest BCUT2D eigenvalue weighted by atomic mass is 79.9. The van der Waals surface area contributed by atoms with Crippen molar-refractivity contribution in [2.24, 2.45) is 0 Å². The number of carbonyl (C=O) groups is 2. The number of benzene rings is 3. The minimum absolute atomic E-state index is 0.0670. The topological polar surface area (TPSA) is 67.2 Å². The summed E-state index contributed by atoms with van der Waals surface area (Å²) in [4.78, 5) is 27.4. The van der Waals surface area contributed by atoms with Crippen molar-refractivity contribution >= 4 is 33.6 Å². The van der Waals surface area contributed by atoms with Gasteiger partial charge in [-0.1, -0.05) is 70.5 Å². The molecule has 4 aromatic rings. The van der Waals surface area contributed by atoms with Crippen LogP contribution in [0.2, 0.25) is 0 Å². The normalized spacial score (nSPS) is 10.6. The average Bonchev–Trinajstić information content (AvgIpc) is 3.27. The van der Waals surface area contributed by atoms with E-state index in [4.69, 9.17) is 5.10 Å². The van der Waals surface area contributed by atoms with Gasteiger partial charge in [-0.3, -0.25) is 9.59 Å². The maximum Gasteiger partial charge on any atom is 0.254 e. The molecule has 7 heteroatoms. The number of nitrogens with one attached hydrogen (secondary N) is 1. The molecule has 1 aromatic heterocycles. The minimum Gasteiger partial charge on any atom is -0.330 e. The molecule has 1 heterocycles. The Bertz CT molecular complexity index is 1260. The molecule has 2 amide bonds. The van der Waals surface area contributed by atoms with Crippen molar-refractivity contribution in [1.82, 2.24) is 14.7 Å². The summed E-state index contributed by atoms with van der Waals surface area (Å²) in [5.41, 5.74) is 3.04. The van der Waals surface area contributed by atoms with E-state index in [0.29, 0.717) is 17.9 Å². The van der Waals surface area contributed by atoms with Gasteiger partial charge in [0.1, 0.15) is 12.4 Å². The van der Waals surface area contributed by atoms with E-state index >= 15 is 0 Å². The lowest BCUT2D eigenvalue weighted by atomic mass is 10.1. The summed E-state index contributed by atoms with van der Waals surface area (Å²) in [6, 6.07) is 28.4. The van der Waals surface area contributed by atoms with E-state index < -0.39 is 0 Å². The Morgan fingerprint density at radius 1 is 0.939 bits per heavy atom. The van der Waals surface area contributed by atoms with E-state index in [9.17, 15) is 9.59 Å². The summed E-state index contributed by atoms with van der Waals surface area (Å²) < 4.78 is 2.51. The number of hydrogen-bond donors (Lipinski definition) is 1. The number of halogens is 1. The van der Waals surface area contributed by atoms with E-state index in [1.54, 1.807) is 22.9 Å². The first kappa shape index (κ1) is 22.5. The van der Waals surface area contributed by atoms with Crippen LogP contribution in [0.25, 0.3) is 16.9 Å². The van der Waals surface area contributed by atoms with Crippen LogP contribution in [-0.2, 0) is 4.79 Å². The molecule has 0 bridgehead atoms. The molecular formula is C26H23BrN4O2. The molecule has 3 aromatic carbocycles. The van der Waals surface area contributed by atoms with Gasteiger partial charge in [0, 0.05) is 28.2 Å². The molecule has 0 aliphatic heterocycles. The van der Waals surface area contributed by atoms with Crippen molar-refractivity contribution in [3.63, 3.8) is 0 Å². The predicted octanol–water partition coefficient (Wildman–Crippen LogP) is 5.40. The van der Waals surface area contributed by atoms with Crippen molar-refractivity contribution in [2.75, 3.05) is 18.4 Å². The maximum absolute atomic E-state index is 13.0. The SMILES string of the molecule is CCN(CC(=O)Nc1cc(-c2ccccc2)nn1-c1ccccc1)C(=O)c1cccc(Br)c1. The highest BCUT2D eigenvalue weighted by molar-refractivity contribution is 9.10. The number of carbonyl (C=O) groups excluding carboxylic acids is 2. The summed E-state index contributed by atoms with van der Waals surface area (Å²) >= 11 is 3.39. The van der Waals surface area contributed by atoms with Gasteiger partial charge in [0.15, 0.2) is 0 Å². The molecule has 4 rings (SSSR count). The van der Waals surface area contributed by atoms with Crippen molar-refractivity contribution < 1.29 is 9.59 Å². The maximum atomic E-state index is 13.0. The minimum atomic E-state index is -0.295. The number of anilines is 1. The number of hydrogen-bond acceptors (Lipinski definition) is 3. The molecule has 166 valence electrons. The van der Waals surface area contributed by atoms with Gasteiger partial charge < -0.3 is 10.2 Å². The van der Waals surface area contributed by atoms with Crippen molar-refractivity contribution in [1.29, 1.82) is 0 Å². The van der Waals surface area contributed by atoms with E-state index in [-0.39, 0.29) is 18.4 Å². The Morgan fingerprint density at radius 3 is 2.30 bits per heavy atom. The molecule has 0 atom stereocenters. The molecule has 33 heavy (non-hydrogen) atoms. The fraction of sp³-hybridized carbons (Fsp3) is 0.115. The Labute approximate surface area is 201 Å². The van der Waals surface area contributed by atoms with E-state index in [1.165, 1.54) is 4.90 Å². The number of para-hydroxylation sites is 1. The molecule has 0 fully saturated rings. The van der Waals surface area contributed by atoms with E-state index in [2.05, 4.69) is 21.2 Å². The summed E-state index contributed by atoms with van der Waals surface area (Å²) in [5, 5.41) is 7.65. The number of nitrogens with zero attached hydrogens (tertiary/aromatic N) is 3. The molecule has 6 nitrogen and oxygen atoms in total. The van der Waals surface area contributed by atoms with Gasteiger partial charge in [0.05, 0.1) is 11.4 Å². The standard InChI is InChI=1S/C26H23BrN4O2/c1-2-30(26(33)20-12-9-13-21(27)16-20)18-25(32)28-24-17-23(19-10-5-3-6-11-19)29-31(24)22-14-7-4-8-15-22/h3-17H,2,18H2,1H3,(H,28,32). The lowest BCUT2D eigenvalue weighted by molar-refractivity contribution is -0.116. The zero-order valence-electron chi connectivity index (χ0n) is 18.1. The molecule has 0 radical (unpaired) electrons. The molecule has 0 aliphatic carbocycles. The summed E-state index contributed by atoms with van der Waals surface area (Å²) in [6.45, 7) is 2.19. The Balaban J connectivity index is 1.57. The van der Waals surface area contributed by atoms with Gasteiger partial charge >= 0.3 is 0 Å². The highest BCUT2D eigenvalue weighted by Gasteiger charge is 2.19. The second-order valence-electron chi connectivity index (χ2n) is 7.41. The van der Waals surface area contributed by atoms with Gasteiger partial charge in [-0.2, -0.15) is 5.10 Å². The number of amides is 2. The third kappa shape index (κ3) is 5.38. The summed E-state index contributed by atoms with van der Waals surface area (Å²) in [6.07, 6.45) is 0. The third-order valence-electron chi connectivity index (χ3n) is 5.12. The fourth-order valence-corrected chi connectivity index (χ4v) is 3.87. The zero-order chi connectivity index (χ0) is 23.2. The van der Waals surface area contributed by atoms with Crippen LogP contribution >= 0.6 is 15.9 Å². The molecule has 0 aliphatic rings. The Kier molecular flexibility index (Phi) is 7.00. The van der Waals surface area contributed by atoms with Gasteiger partial charge in [0.25, 0.3) is 5.91 Å². The van der Waals surface area contributed by atoms with Gasteiger partial charge in [-0.25, -0.2) is 4.68 Å². The van der Waals surface area contributed by atoms with Crippen LogP contribution in [-0.4, -0.2) is 39.6 Å². The van der Waals surface area contributed by atoms with Gasteiger partial charge in [-0.05, 0) is 37.3 Å². The summed E-state index contributed by atoms with van der Waals surface area (Å²) in [5.74, 6) is 0.0448. The number of likely N-dealkylation sites (N-methyl/N-ethyl adjacent to an activating group) is 1. The quantitative estimate of drug-likeness (QED) is 0.367. The molecular weight excluding hydrogens is 480 g/mol. The van der Waals surface area contributed by atoms with Crippen molar-refractivity contribution in [3.8, 4) is 16.9 Å². The lowest BCUT2D eigenvalue weighted by Gasteiger charge is -2.20. The number of rotatable bonds is 7. The monoisotopic (exact) mass is 502 g/mol. The first-order valence-corrected chi connectivity index (χ1v) is 11.4. The second-order valence-corrected chi connectivity index (χ2v) is 8.32. The highest BCUT2D eigenvalue weighted by Crippen LogP contribution is 2.24.